The minimum Gasteiger partial charge on any atom is -0.487 e. The van der Waals surface area contributed by atoms with Crippen molar-refractivity contribution in [2.75, 3.05) is 0 Å². The number of primary amides is 1. The number of imide groups is 1. The summed E-state index contributed by atoms with van der Waals surface area (Å²) in [5.74, 6) is -0.855. The Morgan fingerprint density at radius 3 is 2.75 bits per heavy atom. The number of carbonyl (C=O) groups is 4. The third-order valence-corrected chi connectivity index (χ3v) is 5.70. The number of hydrogen-bond acceptors (Lipinski definition) is 5. The zero-order chi connectivity index (χ0) is 20.2. The highest BCUT2D eigenvalue weighted by Gasteiger charge is 2.43. The summed E-state index contributed by atoms with van der Waals surface area (Å²) >= 11 is 0. The minimum atomic E-state index is -0.675. The van der Waals surface area contributed by atoms with Crippen LogP contribution in [0.25, 0.3) is 0 Å². The number of carbonyl (C=O) groups excluding carboxylic acids is 4. The number of nitrogens with one attached hydrogen (secondary N) is 1. The van der Waals surface area contributed by atoms with Gasteiger partial charge in [-0.2, -0.15) is 0 Å². The van der Waals surface area contributed by atoms with Crippen LogP contribution in [-0.2, 0) is 20.9 Å². The topological polar surface area (TPSA) is 119 Å². The highest BCUT2D eigenvalue weighted by molar-refractivity contribution is 6.05. The number of rotatable bonds is 3. The van der Waals surface area contributed by atoms with E-state index in [9.17, 15) is 19.2 Å². The van der Waals surface area contributed by atoms with Crippen molar-refractivity contribution < 1.29 is 23.9 Å². The Hall–Kier alpha value is -2.90. The van der Waals surface area contributed by atoms with Gasteiger partial charge in [0.15, 0.2) is 0 Å². The molecule has 8 nitrogen and oxygen atoms in total. The molecule has 1 aromatic carbocycles. The van der Waals surface area contributed by atoms with Gasteiger partial charge in [0.2, 0.25) is 17.7 Å². The first-order valence-corrected chi connectivity index (χ1v) is 9.44. The Bertz CT molecular complexity index is 907. The average Bonchev–Trinajstić information content (AvgIpc) is 2.91. The van der Waals surface area contributed by atoms with E-state index in [0.29, 0.717) is 24.2 Å². The Morgan fingerprint density at radius 1 is 1.32 bits per heavy atom. The number of benzene rings is 1. The second-order valence-electron chi connectivity index (χ2n) is 8.34. The number of piperidine rings is 1. The molecule has 1 aromatic rings. The van der Waals surface area contributed by atoms with Gasteiger partial charge in [0, 0.05) is 29.9 Å². The molecule has 0 bridgehead atoms. The molecule has 0 saturated carbocycles. The van der Waals surface area contributed by atoms with Gasteiger partial charge in [-0.05, 0) is 38.3 Å². The number of amides is 4. The predicted molar refractivity (Wildman–Crippen MR) is 98.4 cm³/mol. The smallest absolute Gasteiger partial charge is 0.255 e. The molecule has 2 unspecified atom stereocenters. The van der Waals surface area contributed by atoms with Crippen molar-refractivity contribution in [2.24, 2.45) is 5.73 Å². The molecule has 3 aliphatic heterocycles. The second-order valence-corrected chi connectivity index (χ2v) is 8.34. The zero-order valence-electron chi connectivity index (χ0n) is 15.9. The van der Waals surface area contributed by atoms with Crippen molar-refractivity contribution in [3.05, 3.63) is 28.8 Å². The van der Waals surface area contributed by atoms with Crippen molar-refractivity contribution in [3.8, 4) is 5.75 Å². The molecule has 4 rings (SSSR count). The van der Waals surface area contributed by atoms with Crippen molar-refractivity contribution in [1.82, 2.24) is 10.2 Å². The fourth-order valence-corrected chi connectivity index (χ4v) is 4.52. The van der Waals surface area contributed by atoms with Crippen LogP contribution >= 0.6 is 0 Å². The largest absolute Gasteiger partial charge is 0.487 e. The van der Waals surface area contributed by atoms with Gasteiger partial charge in [0.1, 0.15) is 17.4 Å². The molecule has 148 valence electrons. The number of ether oxygens (including phenoxy) is 1. The van der Waals surface area contributed by atoms with Crippen LogP contribution < -0.4 is 15.8 Å². The van der Waals surface area contributed by atoms with Crippen molar-refractivity contribution in [2.45, 2.75) is 63.6 Å². The predicted octanol–water partition coefficient (Wildman–Crippen LogP) is 0.968. The van der Waals surface area contributed by atoms with Gasteiger partial charge in [0.25, 0.3) is 5.91 Å². The minimum absolute atomic E-state index is 0.0821. The third kappa shape index (κ3) is 3.02. The molecule has 0 spiro atoms. The molecule has 3 heterocycles. The summed E-state index contributed by atoms with van der Waals surface area (Å²) in [4.78, 5) is 49.7. The lowest BCUT2D eigenvalue weighted by molar-refractivity contribution is -0.137. The van der Waals surface area contributed by atoms with Gasteiger partial charge >= 0.3 is 0 Å². The summed E-state index contributed by atoms with van der Waals surface area (Å²) < 4.78 is 6.22. The van der Waals surface area contributed by atoms with Gasteiger partial charge in [-0.3, -0.25) is 24.5 Å². The molecule has 1 fully saturated rings. The van der Waals surface area contributed by atoms with Crippen LogP contribution in [0.3, 0.4) is 0 Å². The lowest BCUT2D eigenvalue weighted by Crippen LogP contribution is -2.52. The Morgan fingerprint density at radius 2 is 2.07 bits per heavy atom. The fourth-order valence-electron chi connectivity index (χ4n) is 4.52. The van der Waals surface area contributed by atoms with Crippen molar-refractivity contribution >= 4 is 23.6 Å². The molecule has 4 amide bonds. The maximum absolute atomic E-state index is 13.0. The maximum atomic E-state index is 13.0. The summed E-state index contributed by atoms with van der Waals surface area (Å²) in [5.41, 5.74) is 7.03. The number of nitrogens with two attached hydrogens (primary N) is 1. The van der Waals surface area contributed by atoms with Gasteiger partial charge in [-0.1, -0.05) is 6.07 Å². The van der Waals surface area contributed by atoms with E-state index >= 15 is 0 Å². The van der Waals surface area contributed by atoms with Crippen LogP contribution in [0, 0.1) is 0 Å². The lowest BCUT2D eigenvalue weighted by Gasteiger charge is -2.38. The van der Waals surface area contributed by atoms with Gasteiger partial charge in [-0.25, -0.2) is 0 Å². The van der Waals surface area contributed by atoms with Crippen LogP contribution in [0.1, 0.15) is 66.9 Å². The van der Waals surface area contributed by atoms with E-state index in [1.165, 1.54) is 4.90 Å². The van der Waals surface area contributed by atoms with Crippen molar-refractivity contribution in [1.29, 1.82) is 0 Å². The molecule has 0 radical (unpaired) electrons. The molecule has 8 heteroatoms. The summed E-state index contributed by atoms with van der Waals surface area (Å²) in [6.07, 6.45) is 1.37. The second kappa shape index (κ2) is 6.32. The molecule has 3 aliphatic rings. The molecule has 3 N–H and O–H groups in total. The van der Waals surface area contributed by atoms with Gasteiger partial charge in [-0.15, -0.1) is 0 Å². The van der Waals surface area contributed by atoms with Gasteiger partial charge in [0.05, 0.1) is 6.54 Å². The first-order chi connectivity index (χ1) is 13.2. The van der Waals surface area contributed by atoms with Crippen LogP contribution in [-0.4, -0.2) is 40.2 Å². The monoisotopic (exact) mass is 385 g/mol. The normalized spacial score (nSPS) is 25.6. The third-order valence-electron chi connectivity index (χ3n) is 5.70. The summed E-state index contributed by atoms with van der Waals surface area (Å²) in [7, 11) is 0. The van der Waals surface area contributed by atoms with E-state index in [4.69, 9.17) is 10.5 Å². The first-order valence-electron chi connectivity index (χ1n) is 9.44. The van der Waals surface area contributed by atoms with Crippen LogP contribution in [0.4, 0.5) is 0 Å². The standard InChI is InChI=1S/C20H23N3O5/c1-20(2)8-10(7-15(21)24)11-3-4-12-13(17(11)28-20)9-23(19(12)27)14-5-6-16(25)22-18(14)26/h3-4,10,14H,5-9H2,1-2H3,(H2,21,24)(H,22,25,26). The van der Waals surface area contributed by atoms with E-state index in [0.717, 1.165) is 11.1 Å². The van der Waals surface area contributed by atoms with E-state index in [1.807, 2.05) is 19.9 Å². The number of hydrogen-bond donors (Lipinski definition) is 2. The first kappa shape index (κ1) is 18.5. The van der Waals surface area contributed by atoms with Gasteiger partial charge < -0.3 is 15.4 Å². The molecule has 0 aromatic heterocycles. The van der Waals surface area contributed by atoms with E-state index in [1.54, 1.807) is 6.07 Å². The SMILES string of the molecule is CC1(C)CC(CC(N)=O)c2ccc3c(c2O1)CN(C1CCC(=O)NC1=O)C3=O. The Labute approximate surface area is 162 Å². The van der Waals surface area contributed by atoms with Crippen LogP contribution in [0.5, 0.6) is 5.75 Å². The number of nitrogens with zero attached hydrogens (tertiary/aromatic N) is 1. The molecule has 0 aliphatic carbocycles. The molecular weight excluding hydrogens is 362 g/mol. The van der Waals surface area contributed by atoms with E-state index in [-0.39, 0.29) is 43.0 Å². The maximum Gasteiger partial charge on any atom is 0.255 e. The lowest BCUT2D eigenvalue weighted by atomic mass is 9.81. The van der Waals surface area contributed by atoms with E-state index < -0.39 is 17.6 Å². The van der Waals surface area contributed by atoms with Crippen LogP contribution in [0.2, 0.25) is 0 Å². The summed E-state index contributed by atoms with van der Waals surface area (Å²) in [6, 6.07) is 2.88. The average molecular weight is 385 g/mol. The Balaban J connectivity index is 1.71. The molecule has 1 saturated heterocycles. The summed E-state index contributed by atoms with van der Waals surface area (Å²) in [5, 5.41) is 2.30. The van der Waals surface area contributed by atoms with Crippen LogP contribution in [0.15, 0.2) is 12.1 Å². The highest BCUT2D eigenvalue weighted by Crippen LogP contribution is 2.47. The zero-order valence-corrected chi connectivity index (χ0v) is 15.9. The summed E-state index contributed by atoms with van der Waals surface area (Å²) in [6.45, 7) is 4.12. The molecule has 28 heavy (non-hydrogen) atoms. The van der Waals surface area contributed by atoms with E-state index in [2.05, 4.69) is 5.32 Å². The highest BCUT2D eigenvalue weighted by atomic mass is 16.5. The molecular formula is C20H23N3O5. The Kier molecular flexibility index (Phi) is 4.17. The van der Waals surface area contributed by atoms with Crippen molar-refractivity contribution in [3.63, 3.8) is 0 Å². The molecule has 2 atom stereocenters. The quantitative estimate of drug-likeness (QED) is 0.752. The number of fused-ring (bicyclic) bond motifs is 3. The fraction of sp³-hybridized carbons (Fsp3) is 0.500.